The van der Waals surface area contributed by atoms with Crippen LogP contribution in [0.5, 0.6) is 0 Å². The topological polar surface area (TPSA) is 29.5 Å². The molecule has 0 saturated heterocycles. The highest BCUT2D eigenvalue weighted by molar-refractivity contribution is 5.98. The Hall–Kier alpha value is -2.55. The minimum atomic E-state index is -0.193. The first-order chi connectivity index (χ1) is 11.3. The summed E-state index contributed by atoms with van der Waals surface area (Å²) in [6.45, 7) is 3.89. The van der Waals surface area contributed by atoms with Crippen LogP contribution in [-0.2, 0) is 16.1 Å². The predicted octanol–water partition coefficient (Wildman–Crippen LogP) is 3.87. The van der Waals surface area contributed by atoms with E-state index >= 15 is 0 Å². The van der Waals surface area contributed by atoms with Crippen LogP contribution in [-0.4, -0.2) is 24.0 Å². The third-order valence-corrected chi connectivity index (χ3v) is 4.02. The lowest BCUT2D eigenvalue weighted by molar-refractivity contribution is -0.138. The van der Waals surface area contributed by atoms with Crippen LogP contribution < -0.4 is 0 Å². The van der Waals surface area contributed by atoms with Gasteiger partial charge in [-0.05, 0) is 24.5 Å². The van der Waals surface area contributed by atoms with Crippen molar-refractivity contribution in [3.8, 4) is 0 Å². The fraction of sp³-hybridized carbons (Fsp3) is 0.250. The third-order valence-electron chi connectivity index (χ3n) is 4.02. The Balaban J connectivity index is 1.95. The number of hydrogen-bond acceptors (Lipinski definition) is 3. The molecule has 1 heterocycles. The standard InChI is InChI=1S/C20H21NO2/c1-2-23-20(22)18-13-14-21(15-16-9-5-3-6-10-16)19(18)17-11-7-4-8-12-17/h3-12H,2,13-15H2,1H3. The molecule has 0 aliphatic carbocycles. The van der Waals surface area contributed by atoms with Gasteiger partial charge in [0, 0.05) is 13.1 Å². The van der Waals surface area contributed by atoms with Crippen molar-refractivity contribution < 1.29 is 9.53 Å². The predicted molar refractivity (Wildman–Crippen MR) is 91.5 cm³/mol. The summed E-state index contributed by atoms with van der Waals surface area (Å²) in [7, 11) is 0. The number of benzene rings is 2. The Kier molecular flexibility index (Phi) is 4.77. The van der Waals surface area contributed by atoms with E-state index in [0.717, 1.165) is 36.3 Å². The van der Waals surface area contributed by atoms with E-state index in [1.165, 1.54) is 5.56 Å². The number of carbonyl (C=O) groups excluding carboxylic acids is 1. The van der Waals surface area contributed by atoms with Gasteiger partial charge in [0.25, 0.3) is 0 Å². The number of nitrogens with zero attached hydrogens (tertiary/aromatic N) is 1. The molecule has 1 aliphatic heterocycles. The largest absolute Gasteiger partial charge is 0.463 e. The zero-order valence-corrected chi connectivity index (χ0v) is 13.4. The molecule has 0 saturated carbocycles. The van der Waals surface area contributed by atoms with Crippen LogP contribution in [0, 0.1) is 0 Å². The highest BCUT2D eigenvalue weighted by atomic mass is 16.5. The Morgan fingerprint density at radius 1 is 1.04 bits per heavy atom. The molecule has 0 unspecified atom stereocenters. The van der Waals surface area contributed by atoms with Crippen molar-refractivity contribution in [1.29, 1.82) is 0 Å². The molecule has 2 aromatic carbocycles. The van der Waals surface area contributed by atoms with Gasteiger partial charge in [-0.1, -0.05) is 60.7 Å². The van der Waals surface area contributed by atoms with Crippen molar-refractivity contribution in [2.24, 2.45) is 0 Å². The van der Waals surface area contributed by atoms with Crippen molar-refractivity contribution in [2.75, 3.05) is 13.2 Å². The molecule has 0 fully saturated rings. The SMILES string of the molecule is CCOC(=O)C1=C(c2ccccc2)N(Cc2ccccc2)CC1. The number of hydrogen-bond donors (Lipinski definition) is 0. The van der Waals surface area contributed by atoms with Crippen LogP contribution in [0.1, 0.15) is 24.5 Å². The maximum absolute atomic E-state index is 12.3. The average molecular weight is 307 g/mol. The second-order valence-corrected chi connectivity index (χ2v) is 5.57. The van der Waals surface area contributed by atoms with Crippen LogP contribution in [0.25, 0.3) is 5.70 Å². The first-order valence-electron chi connectivity index (χ1n) is 8.04. The second-order valence-electron chi connectivity index (χ2n) is 5.57. The second kappa shape index (κ2) is 7.14. The van der Waals surface area contributed by atoms with E-state index in [9.17, 15) is 4.79 Å². The van der Waals surface area contributed by atoms with Gasteiger partial charge in [0.2, 0.25) is 0 Å². The number of rotatable bonds is 5. The molecule has 0 N–H and O–H groups in total. The van der Waals surface area contributed by atoms with E-state index in [1.807, 2.05) is 43.3 Å². The third kappa shape index (κ3) is 3.45. The number of carbonyl (C=O) groups is 1. The molecule has 0 radical (unpaired) electrons. The van der Waals surface area contributed by atoms with Crippen LogP contribution in [0.3, 0.4) is 0 Å². The molecule has 23 heavy (non-hydrogen) atoms. The molecule has 3 heteroatoms. The zero-order chi connectivity index (χ0) is 16.1. The first kappa shape index (κ1) is 15.3. The van der Waals surface area contributed by atoms with E-state index in [-0.39, 0.29) is 5.97 Å². The van der Waals surface area contributed by atoms with Crippen molar-refractivity contribution in [3.63, 3.8) is 0 Å². The lowest BCUT2D eigenvalue weighted by atomic mass is 10.1. The van der Waals surface area contributed by atoms with Crippen LogP contribution in [0.15, 0.2) is 66.2 Å². The zero-order valence-electron chi connectivity index (χ0n) is 13.4. The monoisotopic (exact) mass is 307 g/mol. The Bertz CT molecular complexity index is 692. The fourth-order valence-corrected chi connectivity index (χ4v) is 3.00. The molecule has 3 nitrogen and oxygen atoms in total. The Morgan fingerprint density at radius 3 is 2.35 bits per heavy atom. The van der Waals surface area contributed by atoms with Crippen molar-refractivity contribution >= 4 is 11.7 Å². The van der Waals surface area contributed by atoms with Crippen molar-refractivity contribution in [1.82, 2.24) is 4.90 Å². The smallest absolute Gasteiger partial charge is 0.336 e. The lowest BCUT2D eigenvalue weighted by Gasteiger charge is -2.23. The minimum absolute atomic E-state index is 0.193. The number of esters is 1. The van der Waals surface area contributed by atoms with Gasteiger partial charge in [-0.15, -0.1) is 0 Å². The summed E-state index contributed by atoms with van der Waals surface area (Å²) in [6.07, 6.45) is 0.732. The van der Waals surface area contributed by atoms with Gasteiger partial charge in [-0.2, -0.15) is 0 Å². The summed E-state index contributed by atoms with van der Waals surface area (Å²) in [6, 6.07) is 20.4. The van der Waals surface area contributed by atoms with Gasteiger partial charge in [-0.3, -0.25) is 0 Å². The van der Waals surface area contributed by atoms with E-state index in [1.54, 1.807) is 0 Å². The quantitative estimate of drug-likeness (QED) is 0.785. The van der Waals surface area contributed by atoms with E-state index in [0.29, 0.717) is 6.61 Å². The van der Waals surface area contributed by atoms with Crippen molar-refractivity contribution in [3.05, 3.63) is 77.4 Å². The summed E-state index contributed by atoms with van der Waals surface area (Å²) in [5, 5.41) is 0. The summed E-state index contributed by atoms with van der Waals surface area (Å²) >= 11 is 0. The average Bonchev–Trinajstić information content (AvgIpc) is 3.00. The molecule has 0 amide bonds. The van der Waals surface area contributed by atoms with Gasteiger partial charge >= 0.3 is 5.97 Å². The Labute approximate surface area is 137 Å². The molecular weight excluding hydrogens is 286 g/mol. The fourth-order valence-electron chi connectivity index (χ4n) is 3.00. The Morgan fingerprint density at radius 2 is 1.70 bits per heavy atom. The molecule has 118 valence electrons. The van der Waals surface area contributed by atoms with Crippen LogP contribution in [0.4, 0.5) is 0 Å². The summed E-state index contributed by atoms with van der Waals surface area (Å²) in [4.78, 5) is 14.6. The van der Waals surface area contributed by atoms with Gasteiger partial charge in [0.15, 0.2) is 0 Å². The van der Waals surface area contributed by atoms with Gasteiger partial charge < -0.3 is 9.64 Å². The maximum atomic E-state index is 12.3. The molecule has 0 atom stereocenters. The maximum Gasteiger partial charge on any atom is 0.336 e. The van der Waals surface area contributed by atoms with Crippen molar-refractivity contribution in [2.45, 2.75) is 19.9 Å². The molecule has 3 rings (SSSR count). The van der Waals surface area contributed by atoms with Gasteiger partial charge in [-0.25, -0.2) is 4.79 Å². The summed E-state index contributed by atoms with van der Waals surface area (Å²) in [5.41, 5.74) is 4.11. The van der Waals surface area contributed by atoms with Gasteiger partial charge in [0.05, 0.1) is 17.9 Å². The first-order valence-corrected chi connectivity index (χ1v) is 8.04. The van der Waals surface area contributed by atoms with Crippen LogP contribution >= 0.6 is 0 Å². The van der Waals surface area contributed by atoms with E-state index < -0.39 is 0 Å². The number of ether oxygens (including phenoxy) is 1. The molecule has 0 spiro atoms. The summed E-state index contributed by atoms with van der Waals surface area (Å²) < 4.78 is 5.25. The van der Waals surface area contributed by atoms with E-state index in [2.05, 4.69) is 29.2 Å². The molecule has 2 aromatic rings. The molecular formula is C20H21NO2. The molecule has 0 aromatic heterocycles. The van der Waals surface area contributed by atoms with Gasteiger partial charge in [0.1, 0.15) is 0 Å². The molecule has 0 bridgehead atoms. The minimum Gasteiger partial charge on any atom is -0.463 e. The highest BCUT2D eigenvalue weighted by Gasteiger charge is 2.28. The highest BCUT2D eigenvalue weighted by Crippen LogP contribution is 2.33. The lowest BCUT2D eigenvalue weighted by Crippen LogP contribution is -2.18. The molecule has 1 aliphatic rings. The normalized spacial score (nSPS) is 14.2. The van der Waals surface area contributed by atoms with E-state index in [4.69, 9.17) is 4.74 Å². The van der Waals surface area contributed by atoms with Crippen LogP contribution in [0.2, 0.25) is 0 Å². The summed E-state index contributed by atoms with van der Waals surface area (Å²) in [5.74, 6) is -0.193.